The summed E-state index contributed by atoms with van der Waals surface area (Å²) in [6.45, 7) is 2.81. The summed E-state index contributed by atoms with van der Waals surface area (Å²) < 4.78 is 19.4. The van der Waals surface area contributed by atoms with E-state index < -0.39 is 0 Å². The molecule has 2 aliphatic rings. The van der Waals surface area contributed by atoms with Gasteiger partial charge in [0.05, 0.1) is 0 Å². The lowest BCUT2D eigenvalue weighted by atomic mass is 9.74. The van der Waals surface area contributed by atoms with Crippen LogP contribution in [0, 0.1) is 11.7 Å². The van der Waals surface area contributed by atoms with Crippen molar-refractivity contribution in [2.24, 2.45) is 5.92 Å². The van der Waals surface area contributed by atoms with Gasteiger partial charge in [-0.1, -0.05) is 42.5 Å². The number of nitrogens with zero attached hydrogens (tertiary/aromatic N) is 1. The lowest BCUT2D eigenvalue weighted by Gasteiger charge is -2.38. The molecule has 5 nitrogen and oxygen atoms in total. The molecule has 2 amide bonds. The van der Waals surface area contributed by atoms with E-state index in [0.717, 1.165) is 24.0 Å². The van der Waals surface area contributed by atoms with E-state index in [1.165, 1.54) is 6.07 Å². The van der Waals surface area contributed by atoms with E-state index in [2.05, 4.69) is 5.32 Å². The SMILES string of the molecule is O=C(NCC1(c2cccc(F)c2)CCOCC1)C1CCN(C(=O)/C=C/c2ccccc2)CC1. The zero-order chi connectivity index (χ0) is 23.1. The molecule has 1 N–H and O–H groups in total. The van der Waals surface area contributed by atoms with E-state index in [9.17, 15) is 14.0 Å². The van der Waals surface area contributed by atoms with E-state index in [-0.39, 0.29) is 29.0 Å². The predicted octanol–water partition coefficient (Wildman–Crippen LogP) is 3.94. The Kier molecular flexibility index (Phi) is 7.55. The van der Waals surface area contributed by atoms with Crippen LogP contribution in [0.2, 0.25) is 0 Å². The van der Waals surface area contributed by atoms with E-state index >= 15 is 0 Å². The molecule has 2 aromatic carbocycles. The number of hydrogen-bond donors (Lipinski definition) is 1. The molecule has 2 fully saturated rings. The number of ether oxygens (including phenoxy) is 1. The van der Waals surface area contributed by atoms with Crippen LogP contribution in [0.1, 0.15) is 36.8 Å². The highest BCUT2D eigenvalue weighted by Gasteiger charge is 2.36. The molecule has 2 heterocycles. The topological polar surface area (TPSA) is 58.6 Å². The molecule has 0 atom stereocenters. The van der Waals surface area contributed by atoms with Gasteiger partial charge in [-0.3, -0.25) is 9.59 Å². The summed E-state index contributed by atoms with van der Waals surface area (Å²) in [5, 5.41) is 3.14. The van der Waals surface area contributed by atoms with Crippen LogP contribution < -0.4 is 5.32 Å². The van der Waals surface area contributed by atoms with Crippen LogP contribution in [-0.2, 0) is 19.7 Å². The molecule has 0 bridgehead atoms. The van der Waals surface area contributed by atoms with Crippen molar-refractivity contribution >= 4 is 17.9 Å². The second kappa shape index (κ2) is 10.8. The molecule has 4 rings (SSSR count). The minimum Gasteiger partial charge on any atom is -0.381 e. The van der Waals surface area contributed by atoms with Crippen LogP contribution in [0.25, 0.3) is 6.08 Å². The third kappa shape index (κ3) is 5.88. The molecule has 0 radical (unpaired) electrons. The molecule has 0 unspecified atom stereocenters. The highest BCUT2D eigenvalue weighted by atomic mass is 19.1. The summed E-state index contributed by atoms with van der Waals surface area (Å²) in [7, 11) is 0. The highest BCUT2D eigenvalue weighted by molar-refractivity contribution is 5.92. The summed E-state index contributed by atoms with van der Waals surface area (Å²) in [5.41, 5.74) is 1.59. The van der Waals surface area contributed by atoms with Crippen molar-refractivity contribution in [3.63, 3.8) is 0 Å². The number of nitrogens with one attached hydrogen (secondary N) is 1. The van der Waals surface area contributed by atoms with Crippen LogP contribution in [0.3, 0.4) is 0 Å². The Balaban J connectivity index is 1.30. The molecule has 6 heteroatoms. The standard InChI is InChI=1S/C27H31FN2O3/c28-24-8-4-7-23(19-24)27(13-17-33-18-14-27)20-29-26(32)22-11-15-30(16-12-22)25(31)10-9-21-5-2-1-3-6-21/h1-10,19,22H,11-18,20H2,(H,29,32)/b10-9+. The zero-order valence-corrected chi connectivity index (χ0v) is 18.8. The van der Waals surface area contributed by atoms with Gasteiger partial charge in [0.25, 0.3) is 0 Å². The van der Waals surface area contributed by atoms with Crippen molar-refractivity contribution in [3.8, 4) is 0 Å². The summed E-state index contributed by atoms with van der Waals surface area (Å²) in [4.78, 5) is 27.2. The normalized spacial score (nSPS) is 18.9. The third-order valence-corrected chi connectivity index (χ3v) is 6.88. The minimum absolute atomic E-state index is 0.0178. The maximum absolute atomic E-state index is 13.9. The van der Waals surface area contributed by atoms with Gasteiger partial charge < -0.3 is 15.0 Å². The Bertz CT molecular complexity index is 978. The van der Waals surface area contributed by atoms with Crippen molar-refractivity contribution in [2.45, 2.75) is 31.1 Å². The minimum atomic E-state index is -0.311. The Morgan fingerprint density at radius 1 is 1.06 bits per heavy atom. The van der Waals surface area contributed by atoms with E-state index in [1.807, 2.05) is 42.5 Å². The number of carbonyl (C=O) groups excluding carboxylic acids is 2. The first-order chi connectivity index (χ1) is 16.1. The van der Waals surface area contributed by atoms with Gasteiger partial charge in [0.2, 0.25) is 11.8 Å². The fraction of sp³-hybridized carbons (Fsp3) is 0.407. The van der Waals surface area contributed by atoms with Crippen LogP contribution >= 0.6 is 0 Å². The number of piperidine rings is 1. The number of halogens is 1. The Morgan fingerprint density at radius 3 is 2.48 bits per heavy atom. The first-order valence-electron chi connectivity index (χ1n) is 11.7. The number of hydrogen-bond acceptors (Lipinski definition) is 3. The molecule has 0 aliphatic carbocycles. The number of amides is 2. The molecule has 2 saturated heterocycles. The molecular weight excluding hydrogens is 419 g/mol. The number of benzene rings is 2. The lowest BCUT2D eigenvalue weighted by molar-refractivity contribution is -0.132. The van der Waals surface area contributed by atoms with Crippen molar-refractivity contribution < 1.29 is 18.7 Å². The average Bonchev–Trinajstić information content (AvgIpc) is 2.87. The number of likely N-dealkylation sites (tertiary alicyclic amines) is 1. The lowest BCUT2D eigenvalue weighted by Crippen LogP contribution is -2.48. The van der Waals surface area contributed by atoms with Crippen molar-refractivity contribution in [3.05, 3.63) is 77.6 Å². The van der Waals surface area contributed by atoms with Crippen molar-refractivity contribution in [1.82, 2.24) is 10.2 Å². The first-order valence-corrected chi connectivity index (χ1v) is 11.7. The zero-order valence-electron chi connectivity index (χ0n) is 18.8. The van der Waals surface area contributed by atoms with Gasteiger partial charge in [0, 0.05) is 50.3 Å². The van der Waals surface area contributed by atoms with E-state index in [0.29, 0.717) is 45.7 Å². The Hall–Kier alpha value is -2.99. The van der Waals surface area contributed by atoms with Crippen LogP contribution in [0.5, 0.6) is 0 Å². The fourth-order valence-electron chi connectivity index (χ4n) is 4.75. The molecular formula is C27H31FN2O3. The summed E-state index contributed by atoms with van der Waals surface area (Å²) in [5.74, 6) is -0.381. The van der Waals surface area contributed by atoms with Crippen LogP contribution in [0.4, 0.5) is 4.39 Å². The highest BCUT2D eigenvalue weighted by Crippen LogP contribution is 2.35. The molecule has 0 aromatic heterocycles. The van der Waals surface area contributed by atoms with Gasteiger partial charge in [-0.2, -0.15) is 0 Å². The van der Waals surface area contributed by atoms with Crippen LogP contribution in [-0.4, -0.2) is 49.6 Å². The van der Waals surface area contributed by atoms with Gasteiger partial charge in [0.15, 0.2) is 0 Å². The molecule has 2 aliphatic heterocycles. The fourth-order valence-corrected chi connectivity index (χ4v) is 4.75. The maximum atomic E-state index is 13.9. The first kappa shape index (κ1) is 23.2. The molecule has 0 saturated carbocycles. The van der Waals surface area contributed by atoms with Gasteiger partial charge >= 0.3 is 0 Å². The van der Waals surface area contributed by atoms with E-state index in [4.69, 9.17) is 4.74 Å². The molecule has 33 heavy (non-hydrogen) atoms. The Morgan fingerprint density at radius 2 is 1.79 bits per heavy atom. The van der Waals surface area contributed by atoms with Gasteiger partial charge in [0.1, 0.15) is 5.82 Å². The molecule has 174 valence electrons. The summed E-state index contributed by atoms with van der Waals surface area (Å²) in [6, 6.07) is 16.4. The monoisotopic (exact) mass is 450 g/mol. The van der Waals surface area contributed by atoms with Gasteiger partial charge in [-0.15, -0.1) is 0 Å². The van der Waals surface area contributed by atoms with E-state index in [1.54, 1.807) is 23.1 Å². The van der Waals surface area contributed by atoms with Gasteiger partial charge in [-0.05, 0) is 55.0 Å². The average molecular weight is 451 g/mol. The molecule has 2 aromatic rings. The smallest absolute Gasteiger partial charge is 0.246 e. The number of carbonyl (C=O) groups is 2. The quantitative estimate of drug-likeness (QED) is 0.679. The Labute approximate surface area is 194 Å². The largest absolute Gasteiger partial charge is 0.381 e. The summed E-state index contributed by atoms with van der Waals surface area (Å²) in [6.07, 6.45) is 6.21. The summed E-state index contributed by atoms with van der Waals surface area (Å²) >= 11 is 0. The molecule has 0 spiro atoms. The third-order valence-electron chi connectivity index (χ3n) is 6.88. The second-order valence-corrected chi connectivity index (χ2v) is 8.96. The second-order valence-electron chi connectivity index (χ2n) is 8.96. The van der Waals surface area contributed by atoms with Gasteiger partial charge in [-0.25, -0.2) is 4.39 Å². The number of rotatable bonds is 6. The van der Waals surface area contributed by atoms with Crippen molar-refractivity contribution in [1.29, 1.82) is 0 Å². The van der Waals surface area contributed by atoms with Crippen molar-refractivity contribution in [2.75, 3.05) is 32.8 Å². The van der Waals surface area contributed by atoms with Crippen LogP contribution in [0.15, 0.2) is 60.7 Å². The predicted molar refractivity (Wildman–Crippen MR) is 126 cm³/mol. The maximum Gasteiger partial charge on any atom is 0.246 e.